The molecule has 8 nitrogen and oxygen atoms in total. The zero-order chi connectivity index (χ0) is 23.4. The van der Waals surface area contributed by atoms with Gasteiger partial charge >= 0.3 is 0 Å². The van der Waals surface area contributed by atoms with Crippen molar-refractivity contribution in [2.24, 2.45) is 0 Å². The number of nitrogens with zero attached hydrogens (tertiary/aromatic N) is 4. The van der Waals surface area contributed by atoms with Gasteiger partial charge in [0.15, 0.2) is 0 Å². The molecule has 3 heterocycles. The normalized spacial score (nSPS) is 16.8. The zero-order valence-electron chi connectivity index (χ0n) is 18.1. The standard InChI is InChI=1S/C23H24ClN5O3S/c1-32-11-8-19-23(31)28(13-15-2-5-17-18(12-15)26-14-27-22(17)25)9-10-29(19)21(30)7-4-16-3-6-20(24)33-16/h2-7,12,14,19H,8-11,13H2,1H3,(H2,25,26,27)/b7-4+. The summed E-state index contributed by atoms with van der Waals surface area (Å²) in [7, 11) is 1.58. The van der Waals surface area contributed by atoms with Crippen LogP contribution in [0, 0.1) is 0 Å². The number of piperazine rings is 1. The first-order chi connectivity index (χ1) is 16.0. The second-order valence-electron chi connectivity index (χ2n) is 7.67. The molecule has 0 aliphatic carbocycles. The molecular formula is C23H24ClN5O3S. The number of thiophene rings is 1. The van der Waals surface area contributed by atoms with E-state index in [1.807, 2.05) is 24.3 Å². The molecule has 10 heteroatoms. The molecule has 1 saturated heterocycles. The molecule has 1 aliphatic heterocycles. The maximum atomic E-state index is 13.3. The Morgan fingerprint density at radius 1 is 1.30 bits per heavy atom. The van der Waals surface area contributed by atoms with Crippen molar-refractivity contribution >= 4 is 57.5 Å². The van der Waals surface area contributed by atoms with Crippen molar-refractivity contribution in [1.29, 1.82) is 0 Å². The van der Waals surface area contributed by atoms with Gasteiger partial charge < -0.3 is 20.3 Å². The minimum absolute atomic E-state index is 0.0958. The topological polar surface area (TPSA) is 102 Å². The van der Waals surface area contributed by atoms with E-state index in [-0.39, 0.29) is 11.8 Å². The Labute approximate surface area is 200 Å². The molecule has 1 fully saturated rings. The number of carbonyl (C=O) groups is 2. The van der Waals surface area contributed by atoms with Gasteiger partial charge in [-0.15, -0.1) is 11.3 Å². The van der Waals surface area contributed by atoms with Crippen molar-refractivity contribution in [2.45, 2.75) is 19.0 Å². The van der Waals surface area contributed by atoms with Crippen molar-refractivity contribution in [2.75, 3.05) is 32.5 Å². The molecule has 0 radical (unpaired) electrons. The molecule has 1 atom stereocenters. The third-order valence-corrected chi connectivity index (χ3v) is 6.75. The fraction of sp³-hybridized carbons (Fsp3) is 0.304. The highest BCUT2D eigenvalue weighted by Crippen LogP contribution is 2.24. The first-order valence-corrected chi connectivity index (χ1v) is 11.7. The van der Waals surface area contributed by atoms with Gasteiger partial charge in [0.05, 0.1) is 9.85 Å². The Hall–Kier alpha value is -3.01. The Morgan fingerprint density at radius 2 is 2.15 bits per heavy atom. The minimum atomic E-state index is -0.582. The Bertz CT molecular complexity index is 1200. The van der Waals surface area contributed by atoms with Crippen molar-refractivity contribution in [3.63, 3.8) is 0 Å². The largest absolute Gasteiger partial charge is 0.385 e. The van der Waals surface area contributed by atoms with E-state index in [1.54, 1.807) is 29.1 Å². The summed E-state index contributed by atoms with van der Waals surface area (Å²) in [5, 5.41) is 0.778. The molecular weight excluding hydrogens is 462 g/mol. The number of aromatic nitrogens is 2. The zero-order valence-corrected chi connectivity index (χ0v) is 19.7. The van der Waals surface area contributed by atoms with E-state index in [0.717, 1.165) is 21.3 Å². The summed E-state index contributed by atoms with van der Waals surface area (Å²) in [6, 6.07) is 8.76. The van der Waals surface area contributed by atoms with Crippen LogP contribution in [-0.4, -0.2) is 64.4 Å². The van der Waals surface area contributed by atoms with Crippen LogP contribution in [0.2, 0.25) is 4.34 Å². The Morgan fingerprint density at radius 3 is 2.91 bits per heavy atom. The number of carbonyl (C=O) groups excluding carboxylic acids is 2. The number of hydrogen-bond donors (Lipinski definition) is 1. The number of ether oxygens (including phenoxy) is 1. The van der Waals surface area contributed by atoms with Crippen molar-refractivity contribution in [3.05, 3.63) is 57.5 Å². The molecule has 1 aliphatic rings. The number of nitrogens with two attached hydrogens (primary N) is 1. The average molecular weight is 486 g/mol. The van der Waals surface area contributed by atoms with Gasteiger partial charge in [-0.05, 0) is 35.9 Å². The molecule has 172 valence electrons. The van der Waals surface area contributed by atoms with Gasteiger partial charge in [0.2, 0.25) is 11.8 Å². The highest BCUT2D eigenvalue weighted by atomic mass is 35.5. The molecule has 0 bridgehead atoms. The molecule has 2 aromatic heterocycles. The monoisotopic (exact) mass is 485 g/mol. The third-order valence-electron chi connectivity index (χ3n) is 5.55. The number of halogens is 1. The second kappa shape index (κ2) is 10.3. The van der Waals surface area contributed by atoms with Crippen molar-refractivity contribution < 1.29 is 14.3 Å². The van der Waals surface area contributed by atoms with Crippen LogP contribution in [0.5, 0.6) is 0 Å². The van der Waals surface area contributed by atoms with Crippen LogP contribution in [0.15, 0.2) is 42.7 Å². The summed E-state index contributed by atoms with van der Waals surface area (Å²) < 4.78 is 5.86. The number of fused-ring (bicyclic) bond motifs is 1. The number of rotatable bonds is 7. The van der Waals surface area contributed by atoms with Crippen molar-refractivity contribution in [3.8, 4) is 0 Å². The predicted molar refractivity (Wildman–Crippen MR) is 130 cm³/mol. The fourth-order valence-corrected chi connectivity index (χ4v) is 4.84. The van der Waals surface area contributed by atoms with Crippen LogP contribution in [-0.2, 0) is 20.9 Å². The SMILES string of the molecule is COCCC1C(=O)N(Cc2ccc3c(N)ncnc3c2)CCN1C(=O)/C=C/c1ccc(Cl)s1. The second-order valence-corrected chi connectivity index (χ2v) is 9.42. The first kappa shape index (κ1) is 23.2. The number of amides is 2. The minimum Gasteiger partial charge on any atom is -0.385 e. The third kappa shape index (κ3) is 5.32. The van der Waals surface area contributed by atoms with Gasteiger partial charge in [0.25, 0.3) is 0 Å². The van der Waals surface area contributed by atoms with Gasteiger partial charge in [0, 0.05) is 56.1 Å². The lowest BCUT2D eigenvalue weighted by atomic mass is 10.1. The number of nitrogen functional groups attached to an aromatic ring is 1. The van der Waals surface area contributed by atoms with E-state index < -0.39 is 6.04 Å². The maximum Gasteiger partial charge on any atom is 0.247 e. The molecule has 2 N–H and O–H groups in total. The first-order valence-electron chi connectivity index (χ1n) is 10.5. The van der Waals surface area contributed by atoms with Gasteiger partial charge in [-0.2, -0.15) is 0 Å². The summed E-state index contributed by atoms with van der Waals surface area (Å²) in [5.41, 5.74) is 7.58. The Kier molecular flexibility index (Phi) is 7.22. The van der Waals surface area contributed by atoms with Crippen LogP contribution in [0.3, 0.4) is 0 Å². The summed E-state index contributed by atoms with van der Waals surface area (Å²) in [5.74, 6) is 0.125. The predicted octanol–water partition coefficient (Wildman–Crippen LogP) is 3.22. The van der Waals surface area contributed by atoms with E-state index in [2.05, 4.69) is 9.97 Å². The van der Waals surface area contributed by atoms with E-state index in [1.165, 1.54) is 23.7 Å². The van der Waals surface area contributed by atoms with Crippen LogP contribution in [0.25, 0.3) is 17.0 Å². The van der Waals surface area contributed by atoms with Gasteiger partial charge in [-0.1, -0.05) is 17.7 Å². The maximum absolute atomic E-state index is 13.3. The summed E-state index contributed by atoms with van der Waals surface area (Å²) in [4.78, 5) is 38.8. The lowest BCUT2D eigenvalue weighted by Gasteiger charge is -2.40. The van der Waals surface area contributed by atoms with Gasteiger partial charge in [0.1, 0.15) is 18.2 Å². The van der Waals surface area contributed by atoms with E-state index >= 15 is 0 Å². The van der Waals surface area contributed by atoms with E-state index in [4.69, 9.17) is 22.1 Å². The molecule has 2 amide bonds. The molecule has 1 unspecified atom stereocenters. The van der Waals surface area contributed by atoms with Gasteiger partial charge in [-0.3, -0.25) is 9.59 Å². The molecule has 0 saturated carbocycles. The van der Waals surface area contributed by atoms with Crippen LogP contribution in [0.1, 0.15) is 16.9 Å². The number of methoxy groups -OCH3 is 1. The summed E-state index contributed by atoms with van der Waals surface area (Å²) in [6.45, 7) is 1.69. The smallest absolute Gasteiger partial charge is 0.247 e. The lowest BCUT2D eigenvalue weighted by molar-refractivity contribution is -0.150. The van der Waals surface area contributed by atoms with Crippen molar-refractivity contribution in [1.82, 2.24) is 19.8 Å². The molecule has 0 spiro atoms. The number of benzene rings is 1. The average Bonchev–Trinajstić information content (AvgIpc) is 3.23. The van der Waals surface area contributed by atoms with E-state index in [0.29, 0.717) is 42.8 Å². The number of hydrogen-bond acceptors (Lipinski definition) is 7. The highest BCUT2D eigenvalue weighted by Gasteiger charge is 2.36. The summed E-state index contributed by atoms with van der Waals surface area (Å²) in [6.07, 6.45) is 5.08. The summed E-state index contributed by atoms with van der Waals surface area (Å²) >= 11 is 7.35. The Balaban J connectivity index is 1.49. The quantitative estimate of drug-likeness (QED) is 0.515. The molecule has 4 rings (SSSR count). The molecule has 33 heavy (non-hydrogen) atoms. The van der Waals surface area contributed by atoms with Crippen LogP contribution >= 0.6 is 22.9 Å². The fourth-order valence-electron chi connectivity index (χ4n) is 3.88. The molecule has 1 aromatic carbocycles. The van der Waals surface area contributed by atoms with E-state index in [9.17, 15) is 9.59 Å². The van der Waals surface area contributed by atoms with Crippen LogP contribution < -0.4 is 5.73 Å². The highest BCUT2D eigenvalue weighted by molar-refractivity contribution is 7.17. The van der Waals surface area contributed by atoms with Gasteiger partial charge in [-0.25, -0.2) is 9.97 Å². The lowest BCUT2D eigenvalue weighted by Crippen LogP contribution is -2.58. The molecule has 3 aromatic rings. The van der Waals surface area contributed by atoms with Crippen LogP contribution in [0.4, 0.5) is 5.82 Å². The number of anilines is 1.